The Balaban J connectivity index is 0.000000129. The van der Waals surface area contributed by atoms with E-state index in [4.69, 9.17) is 40.3 Å². The van der Waals surface area contributed by atoms with Crippen LogP contribution in [0, 0.1) is 33.5 Å². The highest BCUT2D eigenvalue weighted by atomic mass is 35.5. The lowest BCUT2D eigenvalue weighted by Crippen LogP contribution is -2.15. The van der Waals surface area contributed by atoms with Crippen LogP contribution in [0.25, 0.3) is 54.4 Å². The van der Waals surface area contributed by atoms with Gasteiger partial charge >= 0.3 is 0 Å². The number of nitrogens with two attached hydrogens (primary N) is 5. The maximum atomic E-state index is 13.0. The van der Waals surface area contributed by atoms with Crippen LogP contribution in [0.5, 0.6) is 0 Å². The van der Waals surface area contributed by atoms with Crippen molar-refractivity contribution >= 4 is 94.4 Å². The van der Waals surface area contributed by atoms with E-state index < -0.39 is 5.82 Å². The van der Waals surface area contributed by atoms with E-state index in [2.05, 4.69) is 26.0 Å². The molecular formula is C49H48ClFN10O. The number of halogens is 2. The lowest BCUT2D eigenvalue weighted by molar-refractivity contribution is 0.634. The van der Waals surface area contributed by atoms with Gasteiger partial charge in [-0.1, -0.05) is 23.7 Å². The molecule has 0 spiro atoms. The number of hydrogen-bond acceptors (Lipinski definition) is 9. The first-order valence-electron chi connectivity index (χ1n) is 19.5. The molecular weight excluding hydrogens is 799 g/mol. The van der Waals surface area contributed by atoms with Gasteiger partial charge in [-0.15, -0.1) is 0 Å². The van der Waals surface area contributed by atoms with E-state index in [9.17, 15) is 9.18 Å². The zero-order chi connectivity index (χ0) is 44.7. The predicted molar refractivity (Wildman–Crippen MR) is 259 cm³/mol. The van der Waals surface area contributed by atoms with Crippen molar-refractivity contribution in [2.75, 3.05) is 28.7 Å². The third-order valence-electron chi connectivity index (χ3n) is 9.84. The fourth-order valence-electron chi connectivity index (χ4n) is 6.58. The summed E-state index contributed by atoms with van der Waals surface area (Å²) in [6.45, 7) is 7.85. The molecule has 11 N–H and O–H groups in total. The Morgan fingerprint density at radius 3 is 1.76 bits per heavy atom. The molecule has 13 heteroatoms. The first kappa shape index (κ1) is 43.9. The number of nitrogens with one attached hydrogen (secondary N) is 1. The molecule has 314 valence electrons. The Hall–Kier alpha value is -7.70. The van der Waals surface area contributed by atoms with E-state index in [1.807, 2.05) is 107 Å². The highest BCUT2D eigenvalue weighted by Gasteiger charge is 2.05. The van der Waals surface area contributed by atoms with Crippen LogP contribution < -0.4 is 34.2 Å². The van der Waals surface area contributed by atoms with E-state index in [0.29, 0.717) is 27.2 Å². The number of hydrogen-bond donors (Lipinski definition) is 6. The second-order valence-electron chi connectivity index (χ2n) is 14.7. The van der Waals surface area contributed by atoms with Crippen LogP contribution in [0.2, 0.25) is 5.02 Å². The zero-order valence-electron chi connectivity index (χ0n) is 35.0. The summed E-state index contributed by atoms with van der Waals surface area (Å²) in [5, 5.41) is 5.88. The molecule has 0 amide bonds. The fourth-order valence-corrected chi connectivity index (χ4v) is 6.75. The Labute approximate surface area is 363 Å². The van der Waals surface area contributed by atoms with Crippen molar-refractivity contribution in [3.8, 4) is 0 Å². The molecule has 0 unspecified atom stereocenters. The molecule has 5 heterocycles. The summed E-state index contributed by atoms with van der Waals surface area (Å²) >= 11 is 5.87. The largest absolute Gasteiger partial charge is 0.399 e. The summed E-state index contributed by atoms with van der Waals surface area (Å²) in [5.74, 6) is -0.391. The van der Waals surface area contributed by atoms with Gasteiger partial charge in [0.2, 0.25) is 0 Å². The van der Waals surface area contributed by atoms with Gasteiger partial charge in [0, 0.05) is 90.9 Å². The quantitative estimate of drug-likeness (QED) is 0.0802. The van der Waals surface area contributed by atoms with Gasteiger partial charge in [-0.2, -0.15) is 0 Å². The molecule has 10 rings (SSSR count). The van der Waals surface area contributed by atoms with Crippen molar-refractivity contribution in [1.82, 2.24) is 24.5 Å². The number of aromatic amines is 1. The number of anilines is 5. The Morgan fingerprint density at radius 2 is 1.11 bits per heavy atom. The van der Waals surface area contributed by atoms with Crippen molar-refractivity contribution in [1.29, 1.82) is 0 Å². The zero-order valence-corrected chi connectivity index (χ0v) is 35.8. The normalized spacial score (nSPS) is 10.6. The average molecular weight is 847 g/mol. The van der Waals surface area contributed by atoms with Gasteiger partial charge in [0.15, 0.2) is 0 Å². The minimum absolute atomic E-state index is 0.00944. The van der Waals surface area contributed by atoms with Gasteiger partial charge in [-0.05, 0) is 143 Å². The highest BCUT2D eigenvalue weighted by Crippen LogP contribution is 2.27. The van der Waals surface area contributed by atoms with Crippen molar-refractivity contribution in [3.05, 3.63) is 178 Å². The van der Waals surface area contributed by atoms with Crippen molar-refractivity contribution < 1.29 is 4.39 Å². The molecule has 0 radical (unpaired) electrons. The van der Waals surface area contributed by atoms with Crippen LogP contribution in [-0.4, -0.2) is 24.5 Å². The van der Waals surface area contributed by atoms with Crippen molar-refractivity contribution in [2.45, 2.75) is 27.7 Å². The van der Waals surface area contributed by atoms with Crippen LogP contribution in [-0.2, 0) is 7.05 Å². The molecule has 0 fully saturated rings. The smallest absolute Gasteiger partial charge is 0.258 e. The Morgan fingerprint density at radius 1 is 0.565 bits per heavy atom. The molecule has 0 atom stereocenters. The molecule has 0 aliphatic heterocycles. The van der Waals surface area contributed by atoms with Crippen LogP contribution in [0.15, 0.2) is 138 Å². The summed E-state index contributed by atoms with van der Waals surface area (Å²) in [5.41, 5.74) is 39.3. The van der Waals surface area contributed by atoms with E-state index in [1.165, 1.54) is 17.1 Å². The van der Waals surface area contributed by atoms with Gasteiger partial charge in [0.05, 0.1) is 32.9 Å². The summed E-state index contributed by atoms with van der Waals surface area (Å²) in [6.07, 6.45) is 1.72. The van der Waals surface area contributed by atoms with Gasteiger partial charge in [0.25, 0.3) is 5.56 Å². The van der Waals surface area contributed by atoms with Crippen LogP contribution in [0.3, 0.4) is 0 Å². The fraction of sp³-hybridized carbons (Fsp3) is 0.102. The number of aryl methyl sites for hydroxylation is 5. The third-order valence-corrected chi connectivity index (χ3v) is 10.2. The predicted octanol–water partition coefficient (Wildman–Crippen LogP) is 10.3. The van der Waals surface area contributed by atoms with E-state index in [0.717, 1.165) is 66.7 Å². The van der Waals surface area contributed by atoms with Gasteiger partial charge in [0.1, 0.15) is 5.82 Å². The number of pyridine rings is 4. The van der Waals surface area contributed by atoms with Crippen molar-refractivity contribution in [3.63, 3.8) is 0 Å². The second kappa shape index (κ2) is 19.1. The maximum absolute atomic E-state index is 13.0. The summed E-state index contributed by atoms with van der Waals surface area (Å²) < 4.78 is 14.5. The molecule has 0 aliphatic carbocycles. The van der Waals surface area contributed by atoms with Gasteiger partial charge in [-0.25, -0.2) is 4.39 Å². The van der Waals surface area contributed by atoms with Gasteiger partial charge < -0.3 is 38.2 Å². The highest BCUT2D eigenvalue weighted by molar-refractivity contribution is 6.34. The lowest BCUT2D eigenvalue weighted by atomic mass is 10.1. The lowest BCUT2D eigenvalue weighted by Gasteiger charge is -2.03. The monoisotopic (exact) mass is 846 g/mol. The number of rotatable bonds is 0. The van der Waals surface area contributed by atoms with Gasteiger partial charge in [-0.3, -0.25) is 19.7 Å². The van der Waals surface area contributed by atoms with Crippen molar-refractivity contribution in [2.24, 2.45) is 7.05 Å². The molecule has 10 aromatic rings. The molecule has 62 heavy (non-hydrogen) atoms. The minimum Gasteiger partial charge on any atom is -0.399 e. The standard InChI is InChI=1S/C10H9ClN2.C10H9FN2.C10H10N2O.C10H10N2.C9H10N2/c2*1-6-2-3-7-9(13-6)5-4-8(11)10(7)12;1-12-6-5-7-8(10(12)13)3-2-4-9(7)11;1-7-5-6-8-9(11)3-2-4-10(8)12-7;1-6-4-7-5-8(10)2-3-9(7)11-6/h2*2-5H,12H2,1H3;2-6H,11H2,1H3;2-6H,11H2,1H3;2-5,11H,10H2,1H3. The molecule has 0 saturated carbocycles. The number of fused-ring (bicyclic) bond motifs is 5. The topological polar surface area (TPSA) is 207 Å². The van der Waals surface area contributed by atoms with Crippen LogP contribution >= 0.6 is 11.6 Å². The Kier molecular flexibility index (Phi) is 13.5. The molecule has 11 nitrogen and oxygen atoms in total. The van der Waals surface area contributed by atoms with E-state index in [1.54, 1.807) is 54.2 Å². The molecule has 5 aromatic heterocycles. The minimum atomic E-state index is -0.391. The molecule has 0 aliphatic rings. The summed E-state index contributed by atoms with van der Waals surface area (Å²) in [4.78, 5) is 27.7. The number of nitrogens with zero attached hydrogens (tertiary/aromatic N) is 4. The van der Waals surface area contributed by atoms with Crippen LogP contribution in [0.1, 0.15) is 22.8 Å². The number of nitrogen functional groups attached to an aromatic ring is 5. The number of benzene rings is 5. The first-order chi connectivity index (χ1) is 29.6. The average Bonchev–Trinajstić information content (AvgIpc) is 3.62. The van der Waals surface area contributed by atoms with Crippen LogP contribution in [0.4, 0.5) is 32.8 Å². The van der Waals surface area contributed by atoms with E-state index >= 15 is 0 Å². The van der Waals surface area contributed by atoms with E-state index in [-0.39, 0.29) is 11.2 Å². The summed E-state index contributed by atoms with van der Waals surface area (Å²) in [6, 6.07) is 39.0. The first-order valence-corrected chi connectivity index (χ1v) is 19.9. The Bertz CT molecular complexity index is 3180. The molecule has 0 saturated heterocycles. The molecule has 5 aromatic carbocycles. The number of aromatic nitrogens is 5. The number of H-pyrrole nitrogens is 1. The summed E-state index contributed by atoms with van der Waals surface area (Å²) in [7, 11) is 1.73. The SMILES string of the molecule is Cc1cc2cc(N)ccc2[nH]1.Cc1ccc2c(N)c(Cl)ccc2n1.Cc1ccc2c(N)c(F)ccc2n1.Cc1ccc2c(N)cccc2n1.Cn1ccc2c(N)cccc2c1=O. The second-order valence-corrected chi connectivity index (χ2v) is 15.1. The maximum Gasteiger partial charge on any atom is 0.258 e. The third kappa shape index (κ3) is 10.4. The molecule has 0 bridgehead atoms.